The van der Waals surface area contributed by atoms with Crippen LogP contribution in [0.3, 0.4) is 0 Å². The van der Waals surface area contributed by atoms with Gasteiger partial charge in [-0.3, -0.25) is 9.69 Å². The molecule has 0 N–H and O–H groups in total. The van der Waals surface area contributed by atoms with Crippen molar-refractivity contribution in [3.8, 4) is 0 Å². The minimum Gasteiger partial charge on any atom is -0.315 e. The van der Waals surface area contributed by atoms with Crippen LogP contribution in [0.2, 0.25) is 0 Å². The first kappa shape index (κ1) is 10.0. The molecule has 0 aromatic carbocycles. The molecule has 0 aromatic rings. The Morgan fingerprint density at radius 1 is 1.15 bits per heavy atom. The molecule has 13 heavy (non-hydrogen) atoms. The zero-order valence-corrected chi connectivity index (χ0v) is 8.79. The third-order valence-electron chi connectivity index (χ3n) is 2.36. The van der Waals surface area contributed by atoms with Crippen molar-refractivity contribution in [1.82, 2.24) is 9.80 Å². The number of hydrogen-bond acceptors (Lipinski definition) is 2. The first-order valence-electron chi connectivity index (χ1n) is 4.31. The molecule has 0 aliphatic carbocycles. The highest BCUT2D eigenvalue weighted by molar-refractivity contribution is 6.04. The fourth-order valence-electron chi connectivity index (χ4n) is 1.74. The minimum absolute atomic E-state index is 0.111. The van der Waals surface area contributed by atoms with Gasteiger partial charge in [-0.2, -0.15) is 0 Å². The molecule has 4 nitrogen and oxygen atoms in total. The summed E-state index contributed by atoms with van der Waals surface area (Å²) in [6, 6.07) is -0.546. The van der Waals surface area contributed by atoms with E-state index in [1.807, 2.05) is 20.8 Å². The normalized spacial score (nSPS) is 24.5. The lowest BCUT2D eigenvalue weighted by atomic mass is 9.86. The molecule has 0 spiro atoms. The van der Waals surface area contributed by atoms with E-state index in [-0.39, 0.29) is 23.4 Å². The molecule has 0 bridgehead atoms. The molecule has 1 aliphatic heterocycles. The maximum atomic E-state index is 11.6. The van der Waals surface area contributed by atoms with E-state index >= 15 is 0 Å². The number of rotatable bonds is 0. The Kier molecular flexibility index (Phi) is 2.10. The van der Waals surface area contributed by atoms with Gasteiger partial charge >= 0.3 is 6.03 Å². The van der Waals surface area contributed by atoms with Gasteiger partial charge in [-0.05, 0) is 5.41 Å². The molecule has 1 atom stereocenters. The molecule has 74 valence electrons. The number of nitrogens with zero attached hydrogens (tertiary/aromatic N) is 2. The number of likely N-dealkylation sites (N-methyl/N-ethyl adjacent to an activating group) is 2. The molecule has 1 rings (SSSR count). The first-order chi connectivity index (χ1) is 5.76. The van der Waals surface area contributed by atoms with Crippen LogP contribution in [0.5, 0.6) is 0 Å². The van der Waals surface area contributed by atoms with E-state index in [0.717, 1.165) is 0 Å². The van der Waals surface area contributed by atoms with E-state index < -0.39 is 0 Å². The van der Waals surface area contributed by atoms with Crippen LogP contribution in [-0.4, -0.2) is 41.9 Å². The van der Waals surface area contributed by atoms with Crippen LogP contribution in [0, 0.1) is 5.41 Å². The summed E-state index contributed by atoms with van der Waals surface area (Å²) >= 11 is 0. The van der Waals surface area contributed by atoms with Crippen LogP contribution in [0.25, 0.3) is 0 Å². The maximum absolute atomic E-state index is 11.6. The first-order valence-corrected chi connectivity index (χ1v) is 4.31. The lowest BCUT2D eigenvalue weighted by Crippen LogP contribution is -2.42. The van der Waals surface area contributed by atoms with Gasteiger partial charge in [-0.15, -0.1) is 0 Å². The average Bonchev–Trinajstić information content (AvgIpc) is 2.14. The highest BCUT2D eigenvalue weighted by Crippen LogP contribution is 2.29. The van der Waals surface area contributed by atoms with Crippen LogP contribution in [0.1, 0.15) is 20.8 Å². The fraction of sp³-hybridized carbons (Fsp3) is 0.778. The van der Waals surface area contributed by atoms with Crippen molar-refractivity contribution in [3.63, 3.8) is 0 Å². The summed E-state index contributed by atoms with van der Waals surface area (Å²) in [6.07, 6.45) is 0. The van der Waals surface area contributed by atoms with E-state index in [4.69, 9.17) is 0 Å². The number of urea groups is 1. The topological polar surface area (TPSA) is 40.6 Å². The van der Waals surface area contributed by atoms with Crippen LogP contribution < -0.4 is 0 Å². The van der Waals surface area contributed by atoms with Crippen LogP contribution in [-0.2, 0) is 4.79 Å². The van der Waals surface area contributed by atoms with Crippen molar-refractivity contribution in [2.45, 2.75) is 26.8 Å². The second kappa shape index (κ2) is 2.72. The highest BCUT2D eigenvalue weighted by atomic mass is 16.2. The molecule has 1 unspecified atom stereocenters. The van der Waals surface area contributed by atoms with Gasteiger partial charge in [-0.1, -0.05) is 20.8 Å². The summed E-state index contributed by atoms with van der Waals surface area (Å²) in [7, 11) is 3.19. The molecule has 1 saturated heterocycles. The number of amides is 3. The molecule has 0 saturated carbocycles. The summed E-state index contributed by atoms with van der Waals surface area (Å²) in [6.45, 7) is 5.87. The van der Waals surface area contributed by atoms with Crippen molar-refractivity contribution in [3.05, 3.63) is 0 Å². The number of imide groups is 1. The number of carbonyl (C=O) groups excluding carboxylic acids is 2. The largest absolute Gasteiger partial charge is 0.326 e. The number of hydrogen-bond donors (Lipinski definition) is 0. The van der Waals surface area contributed by atoms with E-state index in [1.54, 1.807) is 7.05 Å². The summed E-state index contributed by atoms with van der Waals surface area (Å²) in [5, 5.41) is 0. The van der Waals surface area contributed by atoms with Gasteiger partial charge < -0.3 is 4.90 Å². The molecule has 1 heterocycles. The fourth-order valence-corrected chi connectivity index (χ4v) is 1.74. The smallest absolute Gasteiger partial charge is 0.315 e. The molecular formula is C9H16N2O2. The zero-order valence-electron chi connectivity index (χ0n) is 8.79. The van der Waals surface area contributed by atoms with Gasteiger partial charge in [0.2, 0.25) is 0 Å². The minimum atomic E-state index is -0.329. The Hall–Kier alpha value is -1.06. The predicted molar refractivity (Wildman–Crippen MR) is 49.2 cm³/mol. The SMILES string of the molecule is CN1C(=O)C(C(C)(C)C)N(C)C1=O. The lowest BCUT2D eigenvalue weighted by molar-refractivity contribution is -0.129. The van der Waals surface area contributed by atoms with Gasteiger partial charge in [0.1, 0.15) is 6.04 Å². The van der Waals surface area contributed by atoms with Crippen molar-refractivity contribution < 1.29 is 9.59 Å². The van der Waals surface area contributed by atoms with Crippen molar-refractivity contribution >= 4 is 11.9 Å². The highest BCUT2D eigenvalue weighted by Gasteiger charge is 2.46. The van der Waals surface area contributed by atoms with Crippen molar-refractivity contribution in [2.75, 3.05) is 14.1 Å². The summed E-state index contributed by atoms with van der Waals surface area (Å²) in [4.78, 5) is 25.7. The lowest BCUT2D eigenvalue weighted by Gasteiger charge is -2.29. The Morgan fingerprint density at radius 2 is 1.62 bits per heavy atom. The van der Waals surface area contributed by atoms with Gasteiger partial charge in [0.25, 0.3) is 5.91 Å². The van der Waals surface area contributed by atoms with Gasteiger partial charge in [-0.25, -0.2) is 4.79 Å². The van der Waals surface area contributed by atoms with Crippen LogP contribution >= 0.6 is 0 Å². The standard InChI is InChI=1S/C9H16N2O2/c1-9(2,3)6-7(12)11(5)8(13)10(6)4/h6H,1-5H3. The Labute approximate surface area is 78.5 Å². The Morgan fingerprint density at radius 3 is 1.77 bits per heavy atom. The van der Waals surface area contributed by atoms with Crippen LogP contribution in [0.4, 0.5) is 4.79 Å². The quantitative estimate of drug-likeness (QED) is 0.525. The van der Waals surface area contributed by atoms with Gasteiger partial charge in [0.05, 0.1) is 0 Å². The van der Waals surface area contributed by atoms with E-state index in [9.17, 15) is 9.59 Å². The third kappa shape index (κ3) is 1.41. The Balaban J connectivity index is 3.01. The summed E-state index contributed by atoms with van der Waals surface area (Å²) in [5.41, 5.74) is -0.202. The van der Waals surface area contributed by atoms with E-state index in [2.05, 4.69) is 0 Å². The maximum Gasteiger partial charge on any atom is 0.326 e. The number of carbonyl (C=O) groups is 2. The van der Waals surface area contributed by atoms with E-state index in [1.165, 1.54) is 16.8 Å². The van der Waals surface area contributed by atoms with Gasteiger partial charge in [0.15, 0.2) is 0 Å². The summed E-state index contributed by atoms with van der Waals surface area (Å²) in [5.74, 6) is -0.111. The second-order valence-electron chi connectivity index (χ2n) is 4.56. The Bertz CT molecular complexity index is 255. The third-order valence-corrected chi connectivity index (χ3v) is 2.36. The molecule has 0 radical (unpaired) electrons. The molecular weight excluding hydrogens is 168 g/mol. The molecule has 1 aliphatic rings. The van der Waals surface area contributed by atoms with Crippen LogP contribution in [0.15, 0.2) is 0 Å². The molecule has 1 fully saturated rings. The zero-order chi connectivity index (χ0) is 10.4. The van der Waals surface area contributed by atoms with Crippen molar-refractivity contribution in [2.24, 2.45) is 5.41 Å². The molecule has 3 amide bonds. The molecule has 4 heteroatoms. The van der Waals surface area contributed by atoms with E-state index in [0.29, 0.717) is 0 Å². The predicted octanol–water partition coefficient (Wildman–Crippen LogP) is 0.925. The van der Waals surface area contributed by atoms with Gasteiger partial charge in [0, 0.05) is 14.1 Å². The second-order valence-corrected chi connectivity index (χ2v) is 4.56. The monoisotopic (exact) mass is 184 g/mol. The van der Waals surface area contributed by atoms with Crippen molar-refractivity contribution in [1.29, 1.82) is 0 Å². The molecule has 0 aromatic heterocycles. The summed E-state index contributed by atoms with van der Waals surface area (Å²) < 4.78 is 0. The average molecular weight is 184 g/mol.